The van der Waals surface area contributed by atoms with E-state index in [2.05, 4.69) is 5.43 Å². The summed E-state index contributed by atoms with van der Waals surface area (Å²) in [6.07, 6.45) is -3.02. The molecule has 2 nitrogen and oxygen atoms in total. The first-order valence-corrected chi connectivity index (χ1v) is 7.11. The highest BCUT2D eigenvalue weighted by Crippen LogP contribution is 2.43. The van der Waals surface area contributed by atoms with Crippen molar-refractivity contribution in [3.63, 3.8) is 0 Å². The summed E-state index contributed by atoms with van der Waals surface area (Å²) in [6.45, 7) is 1.78. The average Bonchev–Trinajstić information content (AvgIpc) is 2.38. The maximum atomic E-state index is 13.5. The van der Waals surface area contributed by atoms with Crippen LogP contribution in [0.15, 0.2) is 18.2 Å². The fraction of sp³-hybridized carbons (Fsp3) is 0.600. The van der Waals surface area contributed by atoms with Gasteiger partial charge in [-0.2, -0.15) is 13.2 Å². The number of aryl methyl sites for hydroxylation is 1. The van der Waals surface area contributed by atoms with Crippen LogP contribution >= 0.6 is 0 Å². The first kappa shape index (κ1) is 16.2. The Morgan fingerprint density at radius 1 is 1.14 bits per heavy atom. The summed E-state index contributed by atoms with van der Waals surface area (Å²) < 4.78 is 51.6. The molecule has 1 aromatic rings. The van der Waals surface area contributed by atoms with Crippen molar-refractivity contribution >= 4 is 0 Å². The molecule has 0 amide bonds. The smallest absolute Gasteiger partial charge is 0.271 e. The topological polar surface area (TPSA) is 38.0 Å². The Kier molecular flexibility index (Phi) is 4.88. The van der Waals surface area contributed by atoms with Crippen molar-refractivity contribution in [2.24, 2.45) is 17.7 Å². The normalized spacial score (nSPS) is 24.9. The lowest BCUT2D eigenvalue weighted by molar-refractivity contribution is -0.184. The molecule has 0 heterocycles. The summed E-state index contributed by atoms with van der Waals surface area (Å²) in [7, 11) is 0. The summed E-state index contributed by atoms with van der Waals surface area (Å²) >= 11 is 0. The van der Waals surface area contributed by atoms with E-state index in [1.165, 1.54) is 12.1 Å². The Balaban J connectivity index is 2.09. The minimum atomic E-state index is -4.12. The lowest BCUT2D eigenvalue weighted by atomic mass is 9.76. The highest BCUT2D eigenvalue weighted by Gasteiger charge is 2.42. The highest BCUT2D eigenvalue weighted by molar-refractivity contribution is 5.26. The van der Waals surface area contributed by atoms with E-state index in [-0.39, 0.29) is 30.6 Å². The van der Waals surface area contributed by atoms with Crippen LogP contribution in [0.5, 0.6) is 0 Å². The molecule has 2 rings (SSSR count). The molecule has 0 radical (unpaired) electrons. The van der Waals surface area contributed by atoms with Crippen LogP contribution in [0, 0.1) is 24.6 Å². The number of alkyl halides is 3. The van der Waals surface area contributed by atoms with Crippen molar-refractivity contribution < 1.29 is 17.6 Å². The molecule has 0 aliphatic heterocycles. The Bertz CT molecular complexity index is 459. The second-order valence-electron chi connectivity index (χ2n) is 5.86. The monoisotopic (exact) mass is 304 g/mol. The fourth-order valence-electron chi connectivity index (χ4n) is 3.23. The van der Waals surface area contributed by atoms with Crippen molar-refractivity contribution in [2.45, 2.75) is 44.8 Å². The number of benzene rings is 1. The SMILES string of the molecule is Cc1cc(F)cc(C(NN)C2CCC(C(F)(F)F)CC2)c1. The standard InChI is InChI=1S/C15H20F4N2/c1-9-6-11(8-13(16)7-9)14(21-20)10-2-4-12(5-3-10)15(17,18)19/h6-8,10,12,14,21H,2-5,20H2,1H3. The molecule has 1 unspecified atom stereocenters. The molecule has 0 spiro atoms. The van der Waals surface area contributed by atoms with Crippen molar-refractivity contribution in [3.05, 3.63) is 35.1 Å². The molecular formula is C15H20F4N2. The van der Waals surface area contributed by atoms with Crippen molar-refractivity contribution in [3.8, 4) is 0 Å². The van der Waals surface area contributed by atoms with Gasteiger partial charge in [0.05, 0.1) is 5.92 Å². The van der Waals surface area contributed by atoms with E-state index < -0.39 is 12.1 Å². The van der Waals surface area contributed by atoms with Crippen LogP contribution in [-0.4, -0.2) is 6.18 Å². The van der Waals surface area contributed by atoms with E-state index in [0.29, 0.717) is 18.4 Å². The van der Waals surface area contributed by atoms with Gasteiger partial charge in [0, 0.05) is 6.04 Å². The summed E-state index contributed by atoms with van der Waals surface area (Å²) in [6, 6.07) is 4.32. The van der Waals surface area contributed by atoms with Crippen LogP contribution in [-0.2, 0) is 0 Å². The number of hydrogen-bond acceptors (Lipinski definition) is 2. The van der Waals surface area contributed by atoms with Gasteiger partial charge in [-0.15, -0.1) is 0 Å². The van der Waals surface area contributed by atoms with Crippen molar-refractivity contribution in [1.82, 2.24) is 5.43 Å². The molecule has 0 saturated heterocycles. The molecule has 0 bridgehead atoms. The van der Waals surface area contributed by atoms with Crippen molar-refractivity contribution in [1.29, 1.82) is 0 Å². The molecule has 6 heteroatoms. The number of nitrogens with one attached hydrogen (secondary N) is 1. The number of hydrazine groups is 1. The van der Waals surface area contributed by atoms with Crippen LogP contribution in [0.1, 0.15) is 42.9 Å². The second-order valence-corrected chi connectivity index (χ2v) is 5.86. The maximum Gasteiger partial charge on any atom is 0.391 e. The Hall–Kier alpha value is -1.14. The van der Waals surface area contributed by atoms with Gasteiger partial charge in [-0.3, -0.25) is 11.3 Å². The number of rotatable bonds is 3. The lowest BCUT2D eigenvalue weighted by Gasteiger charge is -2.34. The van der Waals surface area contributed by atoms with E-state index in [9.17, 15) is 17.6 Å². The zero-order chi connectivity index (χ0) is 15.6. The number of hydrogen-bond donors (Lipinski definition) is 2. The molecule has 1 aliphatic carbocycles. The van der Waals surface area contributed by atoms with Gasteiger partial charge < -0.3 is 0 Å². The van der Waals surface area contributed by atoms with Gasteiger partial charge in [-0.1, -0.05) is 6.07 Å². The zero-order valence-electron chi connectivity index (χ0n) is 11.9. The third-order valence-corrected chi connectivity index (χ3v) is 4.31. The predicted octanol–water partition coefficient (Wildman–Crippen LogP) is 4.01. The Morgan fingerprint density at radius 3 is 2.24 bits per heavy atom. The molecule has 0 aromatic heterocycles. The van der Waals surface area contributed by atoms with Gasteiger partial charge in [-0.25, -0.2) is 4.39 Å². The van der Waals surface area contributed by atoms with E-state index in [0.717, 1.165) is 5.56 Å². The summed E-state index contributed by atoms with van der Waals surface area (Å²) in [4.78, 5) is 0. The Morgan fingerprint density at radius 2 is 1.76 bits per heavy atom. The van der Waals surface area contributed by atoms with Gasteiger partial charge in [-0.05, 0) is 61.8 Å². The Labute approximate surface area is 121 Å². The number of nitrogens with two attached hydrogens (primary N) is 1. The van der Waals surface area contributed by atoms with Crippen LogP contribution in [0.25, 0.3) is 0 Å². The van der Waals surface area contributed by atoms with E-state index in [1.54, 1.807) is 6.92 Å². The second kappa shape index (κ2) is 6.32. The van der Waals surface area contributed by atoms with Gasteiger partial charge in [0.25, 0.3) is 0 Å². The molecule has 1 fully saturated rings. The first-order chi connectivity index (χ1) is 9.81. The van der Waals surface area contributed by atoms with Gasteiger partial charge in [0.1, 0.15) is 5.82 Å². The highest BCUT2D eigenvalue weighted by atomic mass is 19.4. The third-order valence-electron chi connectivity index (χ3n) is 4.31. The summed E-state index contributed by atoms with van der Waals surface area (Å²) in [5.41, 5.74) is 4.12. The summed E-state index contributed by atoms with van der Waals surface area (Å²) in [5, 5.41) is 0. The minimum absolute atomic E-state index is 0.00481. The van der Waals surface area contributed by atoms with E-state index in [1.807, 2.05) is 6.07 Å². The van der Waals surface area contributed by atoms with Crippen LogP contribution in [0.2, 0.25) is 0 Å². The lowest BCUT2D eigenvalue weighted by Crippen LogP contribution is -2.37. The van der Waals surface area contributed by atoms with Gasteiger partial charge in [0.2, 0.25) is 0 Å². The molecule has 118 valence electrons. The van der Waals surface area contributed by atoms with E-state index >= 15 is 0 Å². The maximum absolute atomic E-state index is 13.5. The van der Waals surface area contributed by atoms with Gasteiger partial charge in [0.15, 0.2) is 0 Å². The first-order valence-electron chi connectivity index (χ1n) is 7.11. The third kappa shape index (κ3) is 3.95. The molecule has 1 saturated carbocycles. The summed E-state index contributed by atoms with van der Waals surface area (Å²) in [5.74, 6) is 3.98. The molecule has 1 atom stereocenters. The van der Waals surface area contributed by atoms with Crippen molar-refractivity contribution in [2.75, 3.05) is 0 Å². The minimum Gasteiger partial charge on any atom is -0.271 e. The zero-order valence-corrected chi connectivity index (χ0v) is 11.9. The van der Waals surface area contributed by atoms with Crippen LogP contribution in [0.3, 0.4) is 0 Å². The van der Waals surface area contributed by atoms with Crippen LogP contribution < -0.4 is 11.3 Å². The average molecular weight is 304 g/mol. The molecule has 21 heavy (non-hydrogen) atoms. The van der Waals surface area contributed by atoms with E-state index in [4.69, 9.17) is 5.84 Å². The van der Waals surface area contributed by atoms with Crippen LogP contribution in [0.4, 0.5) is 17.6 Å². The number of halogens is 4. The fourth-order valence-corrected chi connectivity index (χ4v) is 3.23. The molecular weight excluding hydrogens is 284 g/mol. The molecule has 1 aromatic carbocycles. The quantitative estimate of drug-likeness (QED) is 0.503. The predicted molar refractivity (Wildman–Crippen MR) is 72.7 cm³/mol. The molecule has 1 aliphatic rings. The molecule has 3 N–H and O–H groups in total. The largest absolute Gasteiger partial charge is 0.391 e. The van der Waals surface area contributed by atoms with Gasteiger partial charge >= 0.3 is 6.18 Å².